The minimum atomic E-state index is -0.478. The number of ether oxygens (including phenoxy) is 1. The summed E-state index contributed by atoms with van der Waals surface area (Å²) in [6.07, 6.45) is 4.54. The van der Waals surface area contributed by atoms with E-state index in [9.17, 15) is 4.79 Å². The van der Waals surface area contributed by atoms with Crippen molar-refractivity contribution in [1.82, 2.24) is 0 Å². The van der Waals surface area contributed by atoms with Gasteiger partial charge in [-0.2, -0.15) is 0 Å². The molecule has 0 aliphatic heterocycles. The summed E-state index contributed by atoms with van der Waals surface area (Å²) in [5, 5.41) is 0.566. The van der Waals surface area contributed by atoms with Gasteiger partial charge in [0.2, 0.25) is 0 Å². The van der Waals surface area contributed by atoms with Crippen LogP contribution in [0.1, 0.15) is 62.2 Å². The maximum Gasteiger partial charge on any atom is 0.341 e. The lowest BCUT2D eigenvalue weighted by Crippen LogP contribution is -2.24. The highest BCUT2D eigenvalue weighted by atomic mass is 32.1. The Labute approximate surface area is 113 Å². The molecule has 1 rings (SSSR count). The molecule has 0 aromatic carbocycles. The fraction of sp³-hybridized carbons (Fsp3) is 0.643. The first kappa shape index (κ1) is 15.0. The molecule has 1 aromatic heterocycles. The van der Waals surface area contributed by atoms with Gasteiger partial charge in [0.25, 0.3) is 0 Å². The normalized spacial score (nSPS) is 11.6. The number of thiophene rings is 1. The van der Waals surface area contributed by atoms with E-state index in [2.05, 4.69) is 6.92 Å². The maximum atomic E-state index is 11.9. The third kappa shape index (κ3) is 4.69. The Morgan fingerprint density at radius 3 is 2.61 bits per heavy atom. The van der Waals surface area contributed by atoms with Gasteiger partial charge in [-0.15, -0.1) is 11.3 Å². The predicted molar refractivity (Wildman–Crippen MR) is 77.1 cm³/mol. The van der Waals surface area contributed by atoms with Crippen LogP contribution < -0.4 is 5.73 Å². The number of unbranched alkanes of at least 4 members (excludes halogenated alkanes) is 2. The van der Waals surface area contributed by atoms with Crippen LogP contribution in [0.2, 0.25) is 0 Å². The van der Waals surface area contributed by atoms with Gasteiger partial charge in [0.1, 0.15) is 10.6 Å². The molecule has 4 heteroatoms. The number of hydrogen-bond donors (Lipinski definition) is 1. The fourth-order valence-electron chi connectivity index (χ4n) is 1.62. The van der Waals surface area contributed by atoms with Gasteiger partial charge in [-0.3, -0.25) is 0 Å². The first-order valence-corrected chi connectivity index (χ1v) is 7.26. The monoisotopic (exact) mass is 269 g/mol. The van der Waals surface area contributed by atoms with Crippen molar-refractivity contribution in [2.75, 3.05) is 5.73 Å². The van der Waals surface area contributed by atoms with E-state index in [1.54, 1.807) is 0 Å². The number of carbonyl (C=O) groups excluding carboxylic acids is 1. The zero-order chi connectivity index (χ0) is 13.8. The van der Waals surface area contributed by atoms with E-state index in [0.29, 0.717) is 10.6 Å². The maximum absolute atomic E-state index is 11.9. The minimum Gasteiger partial charge on any atom is -0.456 e. The fourth-order valence-corrected chi connectivity index (χ4v) is 2.58. The standard InChI is InChI=1S/C14H23NO2S/c1-5-6-7-8-10-9-11(12(15)18-10)13(16)17-14(2,3)4/h9H,5-8,15H2,1-4H3. The van der Waals surface area contributed by atoms with Crippen LogP contribution in [0.15, 0.2) is 6.07 Å². The molecule has 0 fully saturated rings. The minimum absolute atomic E-state index is 0.321. The van der Waals surface area contributed by atoms with Crippen molar-refractivity contribution in [2.24, 2.45) is 0 Å². The van der Waals surface area contributed by atoms with Gasteiger partial charge in [0, 0.05) is 4.88 Å². The molecule has 0 atom stereocenters. The quantitative estimate of drug-likeness (QED) is 0.649. The number of nitrogen functional groups attached to an aromatic ring is 1. The molecule has 102 valence electrons. The smallest absolute Gasteiger partial charge is 0.341 e. The molecule has 0 radical (unpaired) electrons. The van der Waals surface area contributed by atoms with Gasteiger partial charge < -0.3 is 10.5 Å². The Morgan fingerprint density at radius 2 is 2.06 bits per heavy atom. The van der Waals surface area contributed by atoms with Gasteiger partial charge in [-0.05, 0) is 39.7 Å². The molecule has 0 aliphatic carbocycles. The Morgan fingerprint density at radius 1 is 1.39 bits per heavy atom. The van der Waals surface area contributed by atoms with Gasteiger partial charge >= 0.3 is 5.97 Å². The van der Waals surface area contributed by atoms with Crippen LogP contribution in [-0.2, 0) is 11.2 Å². The Balaban J connectivity index is 2.69. The van der Waals surface area contributed by atoms with E-state index < -0.39 is 5.60 Å². The average Bonchev–Trinajstić information content (AvgIpc) is 2.58. The van der Waals surface area contributed by atoms with Crippen molar-refractivity contribution in [1.29, 1.82) is 0 Å². The average molecular weight is 269 g/mol. The van der Waals surface area contributed by atoms with Crippen LogP contribution in [-0.4, -0.2) is 11.6 Å². The van der Waals surface area contributed by atoms with Gasteiger partial charge in [0.05, 0.1) is 5.56 Å². The van der Waals surface area contributed by atoms with Gasteiger partial charge in [-0.1, -0.05) is 19.8 Å². The SMILES string of the molecule is CCCCCc1cc(C(=O)OC(C)(C)C)c(N)s1. The first-order valence-electron chi connectivity index (χ1n) is 6.45. The molecular formula is C14H23NO2S. The van der Waals surface area contributed by atoms with E-state index >= 15 is 0 Å². The topological polar surface area (TPSA) is 52.3 Å². The third-order valence-electron chi connectivity index (χ3n) is 2.46. The molecule has 1 aromatic rings. The van der Waals surface area contributed by atoms with Crippen molar-refractivity contribution in [3.63, 3.8) is 0 Å². The highest BCUT2D eigenvalue weighted by Crippen LogP contribution is 2.28. The first-order chi connectivity index (χ1) is 8.33. The summed E-state index contributed by atoms with van der Waals surface area (Å²) < 4.78 is 5.33. The lowest BCUT2D eigenvalue weighted by Gasteiger charge is -2.19. The van der Waals surface area contributed by atoms with Gasteiger partial charge in [0.15, 0.2) is 0 Å². The molecule has 0 saturated heterocycles. The van der Waals surface area contributed by atoms with E-state index in [1.807, 2.05) is 26.8 Å². The molecule has 0 saturated carbocycles. The molecule has 0 aliphatic rings. The van der Waals surface area contributed by atoms with Crippen LogP contribution in [0.4, 0.5) is 5.00 Å². The van der Waals surface area contributed by atoms with E-state index in [-0.39, 0.29) is 5.97 Å². The number of esters is 1. The summed E-state index contributed by atoms with van der Waals surface area (Å²) in [5.41, 5.74) is 5.92. The van der Waals surface area contributed by atoms with Crippen LogP contribution in [0, 0.1) is 0 Å². The summed E-state index contributed by atoms with van der Waals surface area (Å²) in [7, 11) is 0. The highest BCUT2D eigenvalue weighted by molar-refractivity contribution is 7.16. The second-order valence-electron chi connectivity index (χ2n) is 5.45. The second-order valence-corrected chi connectivity index (χ2v) is 6.62. The zero-order valence-corrected chi connectivity index (χ0v) is 12.5. The molecule has 18 heavy (non-hydrogen) atoms. The van der Waals surface area contributed by atoms with Gasteiger partial charge in [-0.25, -0.2) is 4.79 Å². The van der Waals surface area contributed by atoms with Crippen molar-refractivity contribution in [2.45, 2.75) is 59.0 Å². The summed E-state index contributed by atoms with van der Waals surface area (Å²) in [5.74, 6) is -0.321. The number of anilines is 1. The van der Waals surface area contributed by atoms with E-state index in [1.165, 1.54) is 29.1 Å². The molecule has 0 unspecified atom stereocenters. The lowest BCUT2D eigenvalue weighted by atomic mass is 10.1. The van der Waals surface area contributed by atoms with E-state index in [4.69, 9.17) is 10.5 Å². The molecular weight excluding hydrogens is 246 g/mol. The summed E-state index contributed by atoms with van der Waals surface area (Å²) in [4.78, 5) is 13.1. The van der Waals surface area contributed by atoms with Crippen molar-refractivity contribution >= 4 is 22.3 Å². The van der Waals surface area contributed by atoms with Crippen molar-refractivity contribution in [3.8, 4) is 0 Å². The van der Waals surface area contributed by atoms with Crippen LogP contribution in [0.5, 0.6) is 0 Å². The Kier molecular flexibility index (Phi) is 5.20. The lowest BCUT2D eigenvalue weighted by molar-refractivity contribution is 0.00712. The molecule has 0 amide bonds. The Bertz CT molecular complexity index is 404. The predicted octanol–water partition coefficient (Wildman–Crippen LogP) is 4.02. The molecule has 1 heterocycles. The van der Waals surface area contributed by atoms with Crippen molar-refractivity contribution in [3.05, 3.63) is 16.5 Å². The number of rotatable bonds is 5. The number of carbonyl (C=O) groups is 1. The van der Waals surface area contributed by atoms with Crippen molar-refractivity contribution < 1.29 is 9.53 Å². The zero-order valence-electron chi connectivity index (χ0n) is 11.7. The second kappa shape index (κ2) is 6.23. The highest BCUT2D eigenvalue weighted by Gasteiger charge is 2.21. The number of aryl methyl sites for hydroxylation is 1. The van der Waals surface area contributed by atoms with Crippen LogP contribution in [0.25, 0.3) is 0 Å². The van der Waals surface area contributed by atoms with Crippen LogP contribution in [0.3, 0.4) is 0 Å². The molecule has 0 bridgehead atoms. The van der Waals surface area contributed by atoms with E-state index in [0.717, 1.165) is 12.8 Å². The summed E-state index contributed by atoms with van der Waals surface area (Å²) in [6, 6.07) is 1.88. The molecule has 0 spiro atoms. The number of nitrogens with two attached hydrogens (primary N) is 1. The third-order valence-corrected chi connectivity index (χ3v) is 3.48. The summed E-state index contributed by atoms with van der Waals surface area (Å²) in [6.45, 7) is 7.75. The summed E-state index contributed by atoms with van der Waals surface area (Å²) >= 11 is 1.50. The number of hydrogen-bond acceptors (Lipinski definition) is 4. The Hall–Kier alpha value is -1.03. The largest absolute Gasteiger partial charge is 0.456 e. The molecule has 3 nitrogen and oxygen atoms in total. The van der Waals surface area contributed by atoms with Crippen LogP contribution >= 0.6 is 11.3 Å². The molecule has 2 N–H and O–H groups in total.